The minimum Gasteiger partial charge on any atom is -0.394 e. The molecule has 0 bridgehead atoms. The van der Waals surface area contributed by atoms with Crippen molar-refractivity contribution in [2.24, 2.45) is 0 Å². The molecule has 0 N–H and O–H groups in total. The molecule has 2 aromatic carbocycles. The molecule has 6 heteroatoms. The van der Waals surface area contributed by atoms with E-state index < -0.39 is 7.82 Å². The van der Waals surface area contributed by atoms with E-state index in [0.717, 1.165) is 11.1 Å². The van der Waals surface area contributed by atoms with Gasteiger partial charge in [-0.2, -0.15) is 4.08 Å². The summed E-state index contributed by atoms with van der Waals surface area (Å²) in [6.45, 7) is 8.36. The molecule has 0 aliphatic heterocycles. The third-order valence-electron chi connectivity index (χ3n) is 3.61. The third-order valence-corrected chi connectivity index (χ3v) is 5.16. The topological polar surface area (TPSA) is 44.8 Å². The molecular weight excluding hydrogens is 347 g/mol. The first-order chi connectivity index (χ1) is 11.3. The molecule has 0 spiro atoms. The zero-order valence-electron chi connectivity index (χ0n) is 14.2. The van der Waals surface area contributed by atoms with Crippen molar-refractivity contribution in [2.45, 2.75) is 39.5 Å². The number of rotatable bonds is 7. The van der Waals surface area contributed by atoms with E-state index in [-0.39, 0.29) is 0 Å². The molecule has 0 heterocycles. The van der Waals surface area contributed by atoms with Gasteiger partial charge in [-0.25, -0.2) is 4.57 Å². The van der Waals surface area contributed by atoms with Gasteiger partial charge in [0.1, 0.15) is 11.5 Å². The van der Waals surface area contributed by atoms with Gasteiger partial charge in [-0.1, -0.05) is 52.0 Å². The van der Waals surface area contributed by atoms with Gasteiger partial charge in [-0.15, -0.1) is 0 Å². The van der Waals surface area contributed by atoms with Crippen molar-refractivity contribution in [3.05, 3.63) is 59.7 Å². The van der Waals surface area contributed by atoms with Gasteiger partial charge < -0.3 is 9.05 Å². The molecule has 2 rings (SSSR count). The second-order valence-corrected chi connectivity index (χ2v) is 7.96. The zero-order chi connectivity index (χ0) is 17.7. The van der Waals surface area contributed by atoms with E-state index >= 15 is 0 Å². The number of phosphoric acid groups is 1. The summed E-state index contributed by atoms with van der Waals surface area (Å²) in [5.41, 5.74) is 2.29. The van der Waals surface area contributed by atoms with Crippen LogP contribution < -0.4 is 9.05 Å². The van der Waals surface area contributed by atoms with Crippen molar-refractivity contribution in [1.82, 2.24) is 0 Å². The predicted octanol–water partition coefficient (Wildman–Crippen LogP) is 6.67. The maximum absolute atomic E-state index is 12.6. The highest BCUT2D eigenvalue weighted by Crippen LogP contribution is 2.50. The summed E-state index contributed by atoms with van der Waals surface area (Å²) in [7, 11) is -3.96. The van der Waals surface area contributed by atoms with E-state index in [2.05, 4.69) is 31.8 Å². The summed E-state index contributed by atoms with van der Waals surface area (Å²) in [6, 6.07) is 14.4. The van der Waals surface area contributed by atoms with Crippen LogP contribution in [0, 0.1) is 0 Å². The number of hydrogen-bond donors (Lipinski definition) is 0. The van der Waals surface area contributed by atoms with Crippen LogP contribution in [0.1, 0.15) is 50.7 Å². The highest BCUT2D eigenvalue weighted by Gasteiger charge is 2.31. The van der Waals surface area contributed by atoms with E-state index in [1.165, 1.54) is 0 Å². The van der Waals surface area contributed by atoms with Crippen LogP contribution in [-0.4, -0.2) is 0 Å². The Balaban J connectivity index is 2.11. The fourth-order valence-electron chi connectivity index (χ4n) is 2.13. The molecule has 0 aliphatic carbocycles. The Morgan fingerprint density at radius 2 is 1.08 bits per heavy atom. The Hall–Kier alpha value is -1.48. The molecule has 2 aromatic rings. The molecule has 0 unspecified atom stereocenters. The van der Waals surface area contributed by atoms with Gasteiger partial charge in [0.25, 0.3) is 0 Å². The van der Waals surface area contributed by atoms with Gasteiger partial charge in [-0.3, -0.25) is 0 Å². The first kappa shape index (κ1) is 18.9. The molecule has 0 radical (unpaired) electrons. The van der Waals surface area contributed by atoms with E-state index in [9.17, 15) is 4.57 Å². The van der Waals surface area contributed by atoms with Gasteiger partial charge in [0, 0.05) is 0 Å². The highest BCUT2D eigenvalue weighted by molar-refractivity contribution is 7.50. The maximum Gasteiger partial charge on any atom is 0.604 e. The maximum atomic E-state index is 12.6. The lowest BCUT2D eigenvalue weighted by atomic mass is 10.0. The summed E-state index contributed by atoms with van der Waals surface area (Å²) in [6.07, 6.45) is 0. The van der Waals surface area contributed by atoms with Crippen LogP contribution in [0.15, 0.2) is 48.5 Å². The Morgan fingerprint density at radius 1 is 0.750 bits per heavy atom. The first-order valence-electron chi connectivity index (χ1n) is 7.82. The van der Waals surface area contributed by atoms with Crippen LogP contribution in [0.4, 0.5) is 0 Å². The quantitative estimate of drug-likeness (QED) is 0.512. The molecule has 130 valence electrons. The van der Waals surface area contributed by atoms with Crippen molar-refractivity contribution in [1.29, 1.82) is 0 Å². The summed E-state index contributed by atoms with van der Waals surface area (Å²) >= 11 is 5.36. The average Bonchev–Trinajstić information content (AvgIpc) is 2.55. The normalized spacial score (nSPS) is 11.8. The van der Waals surface area contributed by atoms with Crippen LogP contribution in [0.25, 0.3) is 0 Å². The number of phosphoric ester groups is 1. The largest absolute Gasteiger partial charge is 0.604 e. The van der Waals surface area contributed by atoms with Gasteiger partial charge in [0.15, 0.2) is 0 Å². The average molecular weight is 369 g/mol. The fraction of sp³-hybridized carbons (Fsp3) is 0.333. The Labute approximate surface area is 148 Å². The summed E-state index contributed by atoms with van der Waals surface area (Å²) in [5, 5.41) is 0. The predicted molar refractivity (Wildman–Crippen MR) is 96.9 cm³/mol. The van der Waals surface area contributed by atoms with Crippen molar-refractivity contribution < 1.29 is 17.7 Å². The molecule has 24 heavy (non-hydrogen) atoms. The van der Waals surface area contributed by atoms with Crippen molar-refractivity contribution >= 4 is 19.7 Å². The van der Waals surface area contributed by atoms with Crippen LogP contribution in [0.5, 0.6) is 11.5 Å². The SMILES string of the molecule is CC(C)c1ccc(OP(=O)(OCl)Oc2ccc(C(C)C)cc2)cc1. The molecule has 0 atom stereocenters. The summed E-state index contributed by atoms with van der Waals surface area (Å²) in [4.78, 5) is 0. The van der Waals surface area contributed by atoms with Crippen molar-refractivity contribution in [2.75, 3.05) is 0 Å². The first-order valence-corrected chi connectivity index (χ1v) is 9.59. The zero-order valence-corrected chi connectivity index (χ0v) is 15.9. The standard InChI is InChI=1S/C18H22ClO4P/c1-13(2)15-5-9-17(10-6-15)21-24(20,23-19)22-18-11-7-16(8-12-18)14(3)4/h5-14H,1-4H3. The molecule has 0 aliphatic rings. The van der Waals surface area contributed by atoms with Crippen LogP contribution >= 0.6 is 19.7 Å². The Morgan fingerprint density at radius 3 is 1.33 bits per heavy atom. The second-order valence-electron chi connectivity index (χ2n) is 6.15. The molecule has 0 fully saturated rings. The molecular formula is C18H22ClO4P. The monoisotopic (exact) mass is 368 g/mol. The van der Waals surface area contributed by atoms with E-state index in [4.69, 9.17) is 20.9 Å². The fourth-order valence-corrected chi connectivity index (χ4v) is 3.15. The summed E-state index contributed by atoms with van der Waals surface area (Å²) < 4.78 is 27.7. The second kappa shape index (κ2) is 8.06. The smallest absolute Gasteiger partial charge is 0.394 e. The Bertz CT molecular complexity index is 638. The van der Waals surface area contributed by atoms with Crippen LogP contribution in [-0.2, 0) is 8.64 Å². The van der Waals surface area contributed by atoms with E-state index in [1.54, 1.807) is 24.3 Å². The van der Waals surface area contributed by atoms with Crippen LogP contribution in [0.3, 0.4) is 0 Å². The van der Waals surface area contributed by atoms with E-state index in [1.807, 2.05) is 24.3 Å². The highest BCUT2D eigenvalue weighted by atomic mass is 35.5. The lowest BCUT2D eigenvalue weighted by molar-refractivity contribution is 0.308. The van der Waals surface area contributed by atoms with Gasteiger partial charge in [-0.05, 0) is 47.2 Å². The number of hydrogen-bond acceptors (Lipinski definition) is 4. The number of benzene rings is 2. The lowest BCUT2D eigenvalue weighted by Gasteiger charge is -2.16. The summed E-state index contributed by atoms with van der Waals surface area (Å²) in [5.74, 6) is 1.51. The molecule has 0 saturated heterocycles. The molecule has 0 amide bonds. The Kier molecular flexibility index (Phi) is 6.34. The molecule has 0 saturated carbocycles. The number of halogens is 1. The molecule has 4 nitrogen and oxygen atoms in total. The van der Waals surface area contributed by atoms with E-state index in [0.29, 0.717) is 23.3 Å². The van der Waals surface area contributed by atoms with Gasteiger partial charge >= 0.3 is 7.82 Å². The van der Waals surface area contributed by atoms with Crippen LogP contribution in [0.2, 0.25) is 0 Å². The minimum atomic E-state index is -3.96. The van der Waals surface area contributed by atoms with Crippen molar-refractivity contribution in [3.63, 3.8) is 0 Å². The van der Waals surface area contributed by atoms with Gasteiger partial charge in [0.05, 0.1) is 11.9 Å². The molecule has 0 aromatic heterocycles. The third kappa shape index (κ3) is 5.01. The van der Waals surface area contributed by atoms with Gasteiger partial charge in [0.2, 0.25) is 0 Å². The minimum absolute atomic E-state index is 0.363. The van der Waals surface area contributed by atoms with Crippen molar-refractivity contribution in [3.8, 4) is 11.5 Å². The lowest BCUT2D eigenvalue weighted by Crippen LogP contribution is -2.01.